The standard InChI is InChI=1S/C18H25N3O3S/c1-3-19(4-2)17(23)20-12-10-18(11-13-20)21(16(22)14-25(18)24)15-8-6-5-7-9-15/h5-9H,3-4,10-14H2,1-2H3. The number of carbonyl (C=O) groups excluding carboxylic acids is 2. The maximum absolute atomic E-state index is 12.8. The van der Waals surface area contributed by atoms with E-state index in [1.165, 1.54) is 0 Å². The minimum atomic E-state index is -1.25. The van der Waals surface area contributed by atoms with Crippen molar-refractivity contribution < 1.29 is 13.8 Å². The Labute approximate surface area is 151 Å². The highest BCUT2D eigenvalue weighted by Gasteiger charge is 2.54. The van der Waals surface area contributed by atoms with Gasteiger partial charge in [0.2, 0.25) is 5.91 Å². The van der Waals surface area contributed by atoms with Crippen LogP contribution in [0.1, 0.15) is 26.7 Å². The Morgan fingerprint density at radius 1 is 1.16 bits per heavy atom. The summed E-state index contributed by atoms with van der Waals surface area (Å²) >= 11 is 0. The number of urea groups is 1. The number of piperidine rings is 1. The molecule has 0 saturated carbocycles. The number of hydrogen-bond acceptors (Lipinski definition) is 3. The molecule has 0 N–H and O–H groups in total. The Hall–Kier alpha value is -1.89. The van der Waals surface area contributed by atoms with Gasteiger partial charge in [-0.15, -0.1) is 0 Å². The van der Waals surface area contributed by atoms with E-state index in [1.54, 1.807) is 9.80 Å². The summed E-state index contributed by atoms with van der Waals surface area (Å²) in [6.07, 6.45) is 1.10. The second-order valence-electron chi connectivity index (χ2n) is 6.44. The lowest BCUT2D eigenvalue weighted by Gasteiger charge is -2.44. The molecular weight excluding hydrogens is 338 g/mol. The van der Waals surface area contributed by atoms with Gasteiger partial charge < -0.3 is 9.80 Å². The molecule has 0 bridgehead atoms. The summed E-state index contributed by atoms with van der Waals surface area (Å²) in [7, 11) is -1.25. The van der Waals surface area contributed by atoms with Crippen LogP contribution < -0.4 is 4.90 Å². The van der Waals surface area contributed by atoms with Gasteiger partial charge in [-0.2, -0.15) is 0 Å². The summed E-state index contributed by atoms with van der Waals surface area (Å²) in [6, 6.07) is 9.47. The van der Waals surface area contributed by atoms with Crippen LogP contribution in [0.5, 0.6) is 0 Å². The molecule has 1 unspecified atom stereocenters. The molecule has 2 aliphatic rings. The molecule has 136 valence electrons. The van der Waals surface area contributed by atoms with Crippen molar-refractivity contribution in [3.8, 4) is 0 Å². The molecule has 0 radical (unpaired) electrons. The lowest BCUT2D eigenvalue weighted by atomic mass is 10.0. The molecule has 7 heteroatoms. The number of hydrogen-bond donors (Lipinski definition) is 0. The molecule has 2 heterocycles. The van der Waals surface area contributed by atoms with Gasteiger partial charge in [0.25, 0.3) is 0 Å². The van der Waals surface area contributed by atoms with Crippen molar-refractivity contribution in [2.45, 2.75) is 31.6 Å². The molecule has 6 nitrogen and oxygen atoms in total. The van der Waals surface area contributed by atoms with Crippen LogP contribution in [-0.2, 0) is 15.6 Å². The number of nitrogens with zero attached hydrogens (tertiary/aromatic N) is 3. The quantitative estimate of drug-likeness (QED) is 0.826. The largest absolute Gasteiger partial charge is 0.325 e. The minimum absolute atomic E-state index is 0.0289. The van der Waals surface area contributed by atoms with Crippen molar-refractivity contribution in [1.29, 1.82) is 0 Å². The maximum Gasteiger partial charge on any atom is 0.319 e. The van der Waals surface area contributed by atoms with Crippen molar-refractivity contribution >= 4 is 28.4 Å². The average Bonchev–Trinajstić information content (AvgIpc) is 2.87. The topological polar surface area (TPSA) is 60.9 Å². The predicted molar refractivity (Wildman–Crippen MR) is 98.8 cm³/mol. The van der Waals surface area contributed by atoms with Gasteiger partial charge >= 0.3 is 6.03 Å². The van der Waals surface area contributed by atoms with Gasteiger partial charge in [0.05, 0.1) is 10.8 Å². The van der Waals surface area contributed by atoms with E-state index in [4.69, 9.17) is 0 Å². The lowest BCUT2D eigenvalue weighted by Crippen LogP contribution is -2.57. The van der Waals surface area contributed by atoms with Crippen LogP contribution in [0.15, 0.2) is 30.3 Å². The molecular formula is C18H25N3O3S. The third-order valence-electron chi connectivity index (χ3n) is 5.20. The molecule has 1 aromatic rings. The highest BCUT2D eigenvalue weighted by atomic mass is 32.2. The van der Waals surface area contributed by atoms with E-state index >= 15 is 0 Å². The minimum Gasteiger partial charge on any atom is -0.325 e. The van der Waals surface area contributed by atoms with E-state index in [0.29, 0.717) is 39.0 Å². The van der Waals surface area contributed by atoms with Crippen LogP contribution in [0.3, 0.4) is 0 Å². The first-order valence-corrected chi connectivity index (χ1v) is 10.2. The van der Waals surface area contributed by atoms with Gasteiger partial charge in [-0.1, -0.05) is 18.2 Å². The molecule has 2 fully saturated rings. The van der Waals surface area contributed by atoms with Gasteiger partial charge in [0.1, 0.15) is 10.6 Å². The highest BCUT2D eigenvalue weighted by molar-refractivity contribution is 7.88. The maximum atomic E-state index is 12.8. The number of benzene rings is 1. The number of likely N-dealkylation sites (tertiary alicyclic amines) is 1. The summed E-state index contributed by atoms with van der Waals surface area (Å²) in [4.78, 5) is 29.7. The summed E-state index contributed by atoms with van der Waals surface area (Å²) in [6.45, 7) is 6.34. The zero-order valence-electron chi connectivity index (χ0n) is 14.8. The van der Waals surface area contributed by atoms with E-state index < -0.39 is 15.7 Å². The number of carbonyl (C=O) groups is 2. The van der Waals surface area contributed by atoms with Gasteiger partial charge in [-0.05, 0) is 26.0 Å². The van der Waals surface area contributed by atoms with Crippen LogP contribution in [0, 0.1) is 0 Å². The zero-order chi connectivity index (χ0) is 18.0. The molecule has 1 aromatic carbocycles. The van der Waals surface area contributed by atoms with Gasteiger partial charge in [0, 0.05) is 44.7 Å². The highest BCUT2D eigenvalue weighted by Crippen LogP contribution is 2.40. The van der Waals surface area contributed by atoms with Crippen LogP contribution >= 0.6 is 0 Å². The smallest absolute Gasteiger partial charge is 0.319 e. The molecule has 3 amide bonds. The zero-order valence-corrected chi connectivity index (χ0v) is 15.6. The number of amides is 3. The normalized spacial score (nSPS) is 22.5. The SMILES string of the molecule is CCN(CC)C(=O)N1CCC2(CC1)N(c1ccccc1)C(=O)CS2=O. The molecule has 2 aliphatic heterocycles. The number of rotatable bonds is 3. The Morgan fingerprint density at radius 2 is 1.76 bits per heavy atom. The van der Waals surface area contributed by atoms with E-state index in [1.807, 2.05) is 49.1 Å². The molecule has 1 spiro atoms. The van der Waals surface area contributed by atoms with E-state index in [2.05, 4.69) is 0 Å². The third-order valence-corrected chi connectivity index (χ3v) is 7.15. The molecule has 25 heavy (non-hydrogen) atoms. The van der Waals surface area contributed by atoms with Crippen LogP contribution in [-0.4, -0.2) is 62.7 Å². The van der Waals surface area contributed by atoms with Crippen molar-refractivity contribution in [3.05, 3.63) is 30.3 Å². The molecule has 2 saturated heterocycles. The van der Waals surface area contributed by atoms with Crippen LogP contribution in [0.25, 0.3) is 0 Å². The van der Waals surface area contributed by atoms with Gasteiger partial charge in [-0.25, -0.2) is 4.79 Å². The summed E-state index contributed by atoms with van der Waals surface area (Å²) in [5.41, 5.74) is 0.793. The summed E-state index contributed by atoms with van der Waals surface area (Å²) < 4.78 is 12.8. The second kappa shape index (κ2) is 7.15. The van der Waals surface area contributed by atoms with Crippen LogP contribution in [0.2, 0.25) is 0 Å². The lowest BCUT2D eigenvalue weighted by molar-refractivity contribution is -0.116. The fraction of sp³-hybridized carbons (Fsp3) is 0.556. The Bertz CT molecular complexity index is 667. The van der Waals surface area contributed by atoms with Crippen molar-refractivity contribution in [3.63, 3.8) is 0 Å². The van der Waals surface area contributed by atoms with Crippen molar-refractivity contribution in [1.82, 2.24) is 9.80 Å². The number of anilines is 1. The second-order valence-corrected chi connectivity index (χ2v) is 8.18. The molecule has 0 aliphatic carbocycles. The third kappa shape index (κ3) is 3.05. The monoisotopic (exact) mass is 363 g/mol. The summed E-state index contributed by atoms with van der Waals surface area (Å²) in [5.74, 6) is -0.0214. The summed E-state index contributed by atoms with van der Waals surface area (Å²) in [5, 5.41) is 0. The predicted octanol–water partition coefficient (Wildman–Crippen LogP) is 2.04. The van der Waals surface area contributed by atoms with Crippen molar-refractivity contribution in [2.24, 2.45) is 0 Å². The average molecular weight is 363 g/mol. The molecule has 0 aromatic heterocycles. The molecule has 3 rings (SSSR count). The van der Waals surface area contributed by atoms with E-state index in [9.17, 15) is 13.8 Å². The van der Waals surface area contributed by atoms with E-state index in [0.717, 1.165) is 5.69 Å². The first kappa shape index (κ1) is 17.9. The van der Waals surface area contributed by atoms with Gasteiger partial charge in [0.15, 0.2) is 0 Å². The fourth-order valence-electron chi connectivity index (χ4n) is 3.79. The van der Waals surface area contributed by atoms with E-state index in [-0.39, 0.29) is 17.7 Å². The van der Waals surface area contributed by atoms with Crippen LogP contribution in [0.4, 0.5) is 10.5 Å². The molecule has 1 atom stereocenters. The Balaban J connectivity index is 1.81. The Kier molecular flexibility index (Phi) is 5.13. The first-order chi connectivity index (χ1) is 12.0. The van der Waals surface area contributed by atoms with Gasteiger partial charge in [-0.3, -0.25) is 13.9 Å². The Morgan fingerprint density at radius 3 is 2.32 bits per heavy atom. The number of para-hydroxylation sites is 1. The fourth-order valence-corrected chi connectivity index (χ4v) is 5.46. The first-order valence-electron chi connectivity index (χ1n) is 8.84. The van der Waals surface area contributed by atoms with Crippen molar-refractivity contribution in [2.75, 3.05) is 36.8 Å².